The van der Waals surface area contributed by atoms with E-state index >= 15 is 0 Å². The van der Waals surface area contributed by atoms with Crippen LogP contribution in [-0.2, 0) is 27.2 Å². The number of amides is 3. The van der Waals surface area contributed by atoms with E-state index in [9.17, 15) is 19.2 Å². The summed E-state index contributed by atoms with van der Waals surface area (Å²) in [7, 11) is 0. The van der Waals surface area contributed by atoms with Gasteiger partial charge in [-0.25, -0.2) is 4.79 Å². The molecule has 3 N–H and O–H groups in total. The number of hydrogen-bond acceptors (Lipinski definition) is 8. The molecule has 0 saturated carbocycles. The number of ether oxygens (including phenoxy) is 1. The first-order valence-corrected chi connectivity index (χ1v) is 18.5. The van der Waals surface area contributed by atoms with Gasteiger partial charge in [0, 0.05) is 21.0 Å². The van der Waals surface area contributed by atoms with Gasteiger partial charge in [-0.15, -0.1) is 23.1 Å². The van der Waals surface area contributed by atoms with Crippen LogP contribution in [0.15, 0.2) is 82.0 Å². The van der Waals surface area contributed by atoms with E-state index in [1.165, 1.54) is 34.4 Å². The SMILES string of the molecule is CCOC(=O)c1c(NC(=O)CSc2cccc(NC(=O)/C(=C/c3ccsc3)NC(=O)c3ccccc3)c2)sc2c1CCC(C(C)(C)C)C2. The minimum Gasteiger partial charge on any atom is -0.462 e. The summed E-state index contributed by atoms with van der Waals surface area (Å²) in [6.45, 7) is 8.77. The van der Waals surface area contributed by atoms with Crippen molar-refractivity contribution in [1.29, 1.82) is 0 Å². The zero-order chi connectivity index (χ0) is 34.3. The monoisotopic (exact) mass is 701 g/mol. The fraction of sp³-hybridized carbons (Fsp3) is 0.297. The summed E-state index contributed by atoms with van der Waals surface area (Å²) in [5.74, 6) is -0.920. The van der Waals surface area contributed by atoms with Gasteiger partial charge in [0.25, 0.3) is 11.8 Å². The normalized spacial score (nSPS) is 14.5. The highest BCUT2D eigenvalue weighted by Gasteiger charge is 2.34. The largest absolute Gasteiger partial charge is 0.462 e. The molecule has 0 radical (unpaired) electrons. The molecule has 0 bridgehead atoms. The van der Waals surface area contributed by atoms with Crippen molar-refractivity contribution in [3.05, 3.63) is 104 Å². The van der Waals surface area contributed by atoms with Crippen LogP contribution in [0.1, 0.15) is 70.8 Å². The summed E-state index contributed by atoms with van der Waals surface area (Å²) < 4.78 is 5.38. The molecule has 0 saturated heterocycles. The van der Waals surface area contributed by atoms with Crippen LogP contribution < -0.4 is 16.0 Å². The lowest BCUT2D eigenvalue weighted by Crippen LogP contribution is -2.30. The molecular formula is C37H39N3O5S3. The van der Waals surface area contributed by atoms with Crippen molar-refractivity contribution in [2.45, 2.75) is 51.9 Å². The number of thioether (sulfide) groups is 1. The van der Waals surface area contributed by atoms with Crippen LogP contribution in [-0.4, -0.2) is 36.1 Å². The van der Waals surface area contributed by atoms with E-state index in [4.69, 9.17) is 4.74 Å². The molecule has 4 aromatic rings. The second-order valence-electron chi connectivity index (χ2n) is 12.5. The van der Waals surface area contributed by atoms with Crippen molar-refractivity contribution >= 4 is 74.9 Å². The molecule has 3 amide bonds. The van der Waals surface area contributed by atoms with Crippen LogP contribution in [0, 0.1) is 11.3 Å². The predicted octanol–water partition coefficient (Wildman–Crippen LogP) is 8.28. The van der Waals surface area contributed by atoms with Crippen molar-refractivity contribution < 1.29 is 23.9 Å². The van der Waals surface area contributed by atoms with E-state index in [2.05, 4.69) is 36.7 Å². The Labute approximate surface area is 293 Å². The lowest BCUT2D eigenvalue weighted by Gasteiger charge is -2.33. The molecule has 2 heterocycles. The van der Waals surface area contributed by atoms with Crippen LogP contribution in [0.3, 0.4) is 0 Å². The minimum atomic E-state index is -0.479. The van der Waals surface area contributed by atoms with Gasteiger partial charge in [-0.1, -0.05) is 45.0 Å². The third-order valence-corrected chi connectivity index (χ3v) is 10.9. The second kappa shape index (κ2) is 15.8. The maximum atomic E-state index is 13.4. The highest BCUT2D eigenvalue weighted by Crippen LogP contribution is 2.44. The summed E-state index contributed by atoms with van der Waals surface area (Å²) in [5, 5.41) is 12.9. The number of fused-ring (bicyclic) bond motifs is 1. The quantitative estimate of drug-likeness (QED) is 0.0824. The van der Waals surface area contributed by atoms with E-state index in [1.807, 2.05) is 29.0 Å². The Balaban J connectivity index is 1.25. The zero-order valence-electron chi connectivity index (χ0n) is 27.4. The zero-order valence-corrected chi connectivity index (χ0v) is 29.8. The highest BCUT2D eigenvalue weighted by molar-refractivity contribution is 8.00. The summed E-state index contributed by atoms with van der Waals surface area (Å²) >= 11 is 4.28. The molecule has 1 unspecified atom stereocenters. The number of anilines is 2. The first-order valence-electron chi connectivity index (χ1n) is 15.8. The smallest absolute Gasteiger partial charge is 0.341 e. The molecule has 8 nitrogen and oxygen atoms in total. The molecule has 2 aromatic heterocycles. The standard InChI is InChI=1S/C37H39N3O5S3/c1-5-45-36(44)32-28-15-14-25(37(2,3)4)19-30(28)48-35(32)40-31(41)22-47-27-13-9-12-26(20-27)38-34(43)29(18-23-16-17-46-21-23)39-33(42)24-10-7-6-8-11-24/h6-13,16-18,20-21,25H,5,14-15,19,22H2,1-4H3,(H,38,43)(H,39,42)(H,40,41)/b29-18-. The second-order valence-corrected chi connectivity index (χ2v) is 15.4. The first-order chi connectivity index (χ1) is 23.0. The van der Waals surface area contributed by atoms with Gasteiger partial charge in [0.2, 0.25) is 5.91 Å². The highest BCUT2D eigenvalue weighted by atomic mass is 32.2. The summed E-state index contributed by atoms with van der Waals surface area (Å²) in [6.07, 6.45) is 4.27. The Kier molecular flexibility index (Phi) is 11.6. The van der Waals surface area contributed by atoms with Crippen molar-refractivity contribution in [2.24, 2.45) is 11.3 Å². The Hall–Kier alpha value is -4.19. The Morgan fingerprint density at radius 3 is 2.52 bits per heavy atom. The van der Waals surface area contributed by atoms with Crippen LogP contribution >= 0.6 is 34.4 Å². The van der Waals surface area contributed by atoms with Crippen LogP contribution in [0.5, 0.6) is 0 Å². The van der Waals surface area contributed by atoms with Gasteiger partial charge in [-0.05, 0) is 102 Å². The van der Waals surface area contributed by atoms with Crippen LogP contribution in [0.25, 0.3) is 6.08 Å². The van der Waals surface area contributed by atoms with Gasteiger partial charge in [0.15, 0.2) is 0 Å². The Morgan fingerprint density at radius 2 is 1.81 bits per heavy atom. The number of carbonyl (C=O) groups excluding carboxylic acids is 4. The fourth-order valence-corrected chi connectivity index (χ4v) is 8.18. The number of nitrogens with one attached hydrogen (secondary N) is 3. The van der Waals surface area contributed by atoms with Gasteiger partial charge in [-0.2, -0.15) is 11.3 Å². The van der Waals surface area contributed by atoms with E-state index in [-0.39, 0.29) is 29.4 Å². The van der Waals surface area contributed by atoms with E-state index in [1.54, 1.807) is 55.5 Å². The average molecular weight is 702 g/mol. The average Bonchev–Trinajstić information content (AvgIpc) is 3.71. The summed E-state index contributed by atoms with van der Waals surface area (Å²) in [5.41, 5.74) is 3.47. The van der Waals surface area contributed by atoms with Crippen LogP contribution in [0.4, 0.5) is 10.7 Å². The number of benzene rings is 2. The lowest BCUT2D eigenvalue weighted by molar-refractivity contribution is -0.114. The van der Waals surface area contributed by atoms with Crippen molar-refractivity contribution in [3.63, 3.8) is 0 Å². The number of carbonyl (C=O) groups is 4. The minimum absolute atomic E-state index is 0.100. The van der Waals surface area contributed by atoms with Crippen LogP contribution in [0.2, 0.25) is 0 Å². The van der Waals surface area contributed by atoms with Crippen molar-refractivity contribution in [2.75, 3.05) is 23.0 Å². The number of esters is 1. The van der Waals surface area contributed by atoms with E-state index in [0.29, 0.717) is 27.7 Å². The van der Waals surface area contributed by atoms with Gasteiger partial charge < -0.3 is 20.7 Å². The van der Waals surface area contributed by atoms with Gasteiger partial charge >= 0.3 is 5.97 Å². The third-order valence-electron chi connectivity index (χ3n) is 8.07. The van der Waals surface area contributed by atoms with E-state index in [0.717, 1.165) is 40.2 Å². The Bertz CT molecular complexity index is 1810. The molecule has 5 rings (SSSR count). The maximum Gasteiger partial charge on any atom is 0.341 e. The molecule has 1 atom stereocenters. The number of rotatable bonds is 11. The molecule has 1 aliphatic rings. The predicted molar refractivity (Wildman–Crippen MR) is 196 cm³/mol. The van der Waals surface area contributed by atoms with Gasteiger partial charge in [0.05, 0.1) is 17.9 Å². The fourth-order valence-electron chi connectivity index (χ4n) is 5.47. The number of thiophene rings is 2. The molecular weight excluding hydrogens is 663 g/mol. The molecule has 11 heteroatoms. The van der Waals surface area contributed by atoms with Crippen molar-refractivity contribution in [3.8, 4) is 0 Å². The maximum absolute atomic E-state index is 13.4. The lowest BCUT2D eigenvalue weighted by atomic mass is 9.72. The van der Waals surface area contributed by atoms with Gasteiger partial charge in [-0.3, -0.25) is 14.4 Å². The third kappa shape index (κ3) is 9.03. The van der Waals surface area contributed by atoms with E-state index < -0.39 is 17.8 Å². The number of hydrogen-bond donors (Lipinski definition) is 3. The molecule has 2 aromatic carbocycles. The molecule has 250 valence electrons. The van der Waals surface area contributed by atoms with Gasteiger partial charge in [0.1, 0.15) is 10.7 Å². The molecule has 48 heavy (non-hydrogen) atoms. The molecule has 0 aliphatic heterocycles. The Morgan fingerprint density at radius 1 is 1.02 bits per heavy atom. The topological polar surface area (TPSA) is 114 Å². The summed E-state index contributed by atoms with van der Waals surface area (Å²) in [4.78, 5) is 54.4. The molecule has 0 spiro atoms. The summed E-state index contributed by atoms with van der Waals surface area (Å²) in [6, 6.07) is 17.7. The first kappa shape index (κ1) is 35.1. The molecule has 1 aliphatic carbocycles. The molecule has 0 fully saturated rings. The van der Waals surface area contributed by atoms with Crippen molar-refractivity contribution in [1.82, 2.24) is 5.32 Å².